The molecule has 0 unspecified atom stereocenters. The van der Waals surface area contributed by atoms with E-state index in [0.717, 1.165) is 16.8 Å². The summed E-state index contributed by atoms with van der Waals surface area (Å²) in [6, 6.07) is 9.52. The normalized spacial score (nSPS) is 10.1. The zero-order valence-corrected chi connectivity index (χ0v) is 11.6. The van der Waals surface area contributed by atoms with Crippen LogP contribution in [0, 0.1) is 6.92 Å². The Morgan fingerprint density at radius 1 is 1.33 bits per heavy atom. The van der Waals surface area contributed by atoms with Crippen molar-refractivity contribution in [2.45, 2.75) is 12.3 Å². The van der Waals surface area contributed by atoms with E-state index in [0.29, 0.717) is 10.9 Å². The molecular formula is C14H13BrN2O. The summed E-state index contributed by atoms with van der Waals surface area (Å²) in [6.45, 7) is 1.91. The molecule has 0 spiro atoms. The third-order valence-corrected chi connectivity index (χ3v) is 3.15. The maximum Gasteiger partial charge on any atom is 0.257 e. The average Bonchev–Trinajstić information content (AvgIpc) is 2.39. The minimum absolute atomic E-state index is 0.139. The fraction of sp³-hybridized carbons (Fsp3) is 0.143. The van der Waals surface area contributed by atoms with Crippen molar-refractivity contribution in [3.8, 4) is 0 Å². The van der Waals surface area contributed by atoms with Crippen LogP contribution in [0.3, 0.4) is 0 Å². The van der Waals surface area contributed by atoms with Gasteiger partial charge in [0.1, 0.15) is 0 Å². The van der Waals surface area contributed by atoms with Crippen molar-refractivity contribution in [1.82, 2.24) is 4.98 Å². The molecule has 92 valence electrons. The van der Waals surface area contributed by atoms with E-state index in [9.17, 15) is 4.79 Å². The summed E-state index contributed by atoms with van der Waals surface area (Å²) >= 11 is 3.40. The third-order valence-electron chi connectivity index (χ3n) is 2.55. The van der Waals surface area contributed by atoms with Crippen LogP contribution in [0.2, 0.25) is 0 Å². The summed E-state index contributed by atoms with van der Waals surface area (Å²) in [5.74, 6) is -0.139. The molecule has 4 heteroatoms. The van der Waals surface area contributed by atoms with Gasteiger partial charge in [0, 0.05) is 23.4 Å². The Kier molecular flexibility index (Phi) is 4.10. The molecule has 1 N–H and O–H groups in total. The van der Waals surface area contributed by atoms with E-state index in [1.165, 1.54) is 0 Å². The molecule has 0 fully saturated rings. The highest BCUT2D eigenvalue weighted by atomic mass is 79.9. The minimum Gasteiger partial charge on any atom is -0.322 e. The number of aromatic nitrogens is 1. The van der Waals surface area contributed by atoms with Gasteiger partial charge >= 0.3 is 0 Å². The Labute approximate surface area is 114 Å². The van der Waals surface area contributed by atoms with Crippen molar-refractivity contribution in [3.63, 3.8) is 0 Å². The van der Waals surface area contributed by atoms with Crippen LogP contribution in [-0.4, -0.2) is 10.9 Å². The summed E-state index contributed by atoms with van der Waals surface area (Å²) in [5.41, 5.74) is 3.41. The molecular weight excluding hydrogens is 292 g/mol. The van der Waals surface area contributed by atoms with Gasteiger partial charge in [-0.05, 0) is 30.2 Å². The smallest absolute Gasteiger partial charge is 0.257 e. The molecule has 0 saturated carbocycles. The predicted octanol–water partition coefficient (Wildman–Crippen LogP) is 3.54. The van der Waals surface area contributed by atoms with Gasteiger partial charge in [0.2, 0.25) is 0 Å². The van der Waals surface area contributed by atoms with Gasteiger partial charge in [0.25, 0.3) is 5.91 Å². The molecule has 0 atom stereocenters. The largest absolute Gasteiger partial charge is 0.322 e. The molecule has 1 amide bonds. The highest BCUT2D eigenvalue weighted by Gasteiger charge is 2.08. The number of halogens is 1. The average molecular weight is 305 g/mol. The van der Waals surface area contributed by atoms with Crippen molar-refractivity contribution in [2.24, 2.45) is 0 Å². The van der Waals surface area contributed by atoms with Crippen molar-refractivity contribution in [2.75, 3.05) is 5.32 Å². The number of alkyl halides is 1. The van der Waals surface area contributed by atoms with Gasteiger partial charge in [-0.25, -0.2) is 0 Å². The topological polar surface area (TPSA) is 42.0 Å². The third kappa shape index (κ3) is 2.96. The van der Waals surface area contributed by atoms with E-state index in [1.807, 2.05) is 37.3 Å². The fourth-order valence-corrected chi connectivity index (χ4v) is 2.12. The first-order chi connectivity index (χ1) is 8.70. The number of para-hydroxylation sites is 1. The summed E-state index contributed by atoms with van der Waals surface area (Å²) < 4.78 is 0. The van der Waals surface area contributed by atoms with Gasteiger partial charge in [0.15, 0.2) is 0 Å². The Hall–Kier alpha value is -1.68. The van der Waals surface area contributed by atoms with E-state index in [4.69, 9.17) is 0 Å². The number of aryl methyl sites for hydroxylation is 1. The quantitative estimate of drug-likeness (QED) is 0.881. The van der Waals surface area contributed by atoms with Crippen LogP contribution in [0.4, 0.5) is 5.69 Å². The zero-order chi connectivity index (χ0) is 13.0. The number of rotatable bonds is 3. The summed E-state index contributed by atoms with van der Waals surface area (Å²) in [5, 5.41) is 3.60. The van der Waals surface area contributed by atoms with E-state index < -0.39 is 0 Å². The van der Waals surface area contributed by atoms with Gasteiger partial charge < -0.3 is 5.32 Å². The predicted molar refractivity (Wildman–Crippen MR) is 76.0 cm³/mol. The standard InChI is InChI=1S/C14H13BrN2O/c1-10-6-12(9-16-8-10)14(18)17-13-5-3-2-4-11(13)7-15/h2-6,8-9H,7H2,1H3,(H,17,18). The molecule has 1 heterocycles. The Bertz CT molecular complexity index is 569. The maximum absolute atomic E-state index is 12.1. The first-order valence-corrected chi connectivity index (χ1v) is 6.69. The minimum atomic E-state index is -0.139. The monoisotopic (exact) mass is 304 g/mol. The second-order valence-corrected chi connectivity index (χ2v) is 4.56. The SMILES string of the molecule is Cc1cncc(C(=O)Nc2ccccc2CBr)c1. The van der Waals surface area contributed by atoms with Gasteiger partial charge in [-0.1, -0.05) is 34.1 Å². The molecule has 2 aromatic rings. The number of nitrogens with zero attached hydrogens (tertiary/aromatic N) is 1. The molecule has 3 nitrogen and oxygen atoms in total. The van der Waals surface area contributed by atoms with Gasteiger partial charge in [0.05, 0.1) is 5.56 Å². The van der Waals surface area contributed by atoms with Gasteiger partial charge in [-0.15, -0.1) is 0 Å². The molecule has 0 aliphatic rings. The molecule has 0 aliphatic heterocycles. The number of carbonyl (C=O) groups excluding carboxylic acids is 1. The Morgan fingerprint density at radius 3 is 2.83 bits per heavy atom. The molecule has 0 bridgehead atoms. The molecule has 0 radical (unpaired) electrons. The first-order valence-electron chi connectivity index (χ1n) is 5.57. The van der Waals surface area contributed by atoms with Crippen LogP contribution >= 0.6 is 15.9 Å². The molecule has 0 saturated heterocycles. The van der Waals surface area contributed by atoms with Gasteiger partial charge in [-0.3, -0.25) is 9.78 Å². The van der Waals surface area contributed by atoms with Crippen molar-refractivity contribution < 1.29 is 4.79 Å². The maximum atomic E-state index is 12.1. The van der Waals surface area contributed by atoms with Crippen molar-refractivity contribution in [1.29, 1.82) is 0 Å². The fourth-order valence-electron chi connectivity index (χ4n) is 1.63. The van der Waals surface area contributed by atoms with Crippen LogP contribution in [0.5, 0.6) is 0 Å². The lowest BCUT2D eigenvalue weighted by molar-refractivity contribution is 0.102. The Morgan fingerprint density at radius 2 is 2.11 bits per heavy atom. The van der Waals surface area contributed by atoms with Crippen LogP contribution in [0.1, 0.15) is 21.5 Å². The number of benzene rings is 1. The van der Waals surface area contributed by atoms with Crippen LogP contribution in [-0.2, 0) is 5.33 Å². The number of pyridine rings is 1. The van der Waals surface area contributed by atoms with Crippen LogP contribution in [0.15, 0.2) is 42.7 Å². The number of carbonyl (C=O) groups is 1. The van der Waals surface area contributed by atoms with E-state index in [-0.39, 0.29) is 5.91 Å². The lowest BCUT2D eigenvalue weighted by Crippen LogP contribution is -2.13. The Balaban J connectivity index is 2.21. The summed E-state index contributed by atoms with van der Waals surface area (Å²) in [7, 11) is 0. The van der Waals surface area contributed by atoms with Crippen LogP contribution in [0.25, 0.3) is 0 Å². The first kappa shape index (κ1) is 12.8. The highest BCUT2D eigenvalue weighted by Crippen LogP contribution is 2.18. The number of hydrogen-bond donors (Lipinski definition) is 1. The molecule has 0 aliphatic carbocycles. The molecule has 1 aromatic heterocycles. The number of anilines is 1. The molecule has 18 heavy (non-hydrogen) atoms. The van der Waals surface area contributed by atoms with Crippen molar-refractivity contribution >= 4 is 27.5 Å². The number of hydrogen-bond acceptors (Lipinski definition) is 2. The highest BCUT2D eigenvalue weighted by molar-refractivity contribution is 9.08. The van der Waals surface area contributed by atoms with Crippen molar-refractivity contribution in [3.05, 3.63) is 59.4 Å². The zero-order valence-electron chi connectivity index (χ0n) is 9.98. The number of amides is 1. The van der Waals surface area contributed by atoms with Crippen LogP contribution < -0.4 is 5.32 Å². The van der Waals surface area contributed by atoms with E-state index in [1.54, 1.807) is 12.4 Å². The van der Waals surface area contributed by atoms with E-state index >= 15 is 0 Å². The second kappa shape index (κ2) is 5.78. The van der Waals surface area contributed by atoms with Gasteiger partial charge in [-0.2, -0.15) is 0 Å². The summed E-state index contributed by atoms with van der Waals surface area (Å²) in [6.07, 6.45) is 3.29. The number of nitrogens with one attached hydrogen (secondary N) is 1. The molecule has 2 rings (SSSR count). The second-order valence-electron chi connectivity index (χ2n) is 4.00. The lowest BCUT2D eigenvalue weighted by atomic mass is 10.1. The lowest BCUT2D eigenvalue weighted by Gasteiger charge is -2.09. The molecule has 1 aromatic carbocycles. The van der Waals surface area contributed by atoms with E-state index in [2.05, 4.69) is 26.2 Å². The summed E-state index contributed by atoms with van der Waals surface area (Å²) in [4.78, 5) is 16.1.